The monoisotopic (exact) mass is 455 g/mol. The van der Waals surface area contributed by atoms with Crippen LogP contribution in [0.4, 0.5) is 11.4 Å². The van der Waals surface area contributed by atoms with Crippen molar-refractivity contribution < 1.29 is 13.2 Å². The maximum Gasteiger partial charge on any atom is 0.243 e. The van der Waals surface area contributed by atoms with E-state index in [0.29, 0.717) is 18.8 Å². The van der Waals surface area contributed by atoms with E-state index in [1.165, 1.54) is 10.4 Å². The number of hydrogen-bond donors (Lipinski definition) is 1. The Morgan fingerprint density at radius 3 is 2.38 bits per heavy atom. The third kappa shape index (κ3) is 5.17. The topological polar surface area (TPSA) is 87.5 Å². The van der Waals surface area contributed by atoms with Gasteiger partial charge in [-0.2, -0.15) is 9.40 Å². The lowest BCUT2D eigenvalue weighted by Crippen LogP contribution is -2.30. The number of sulfonamides is 1. The predicted molar refractivity (Wildman–Crippen MR) is 127 cm³/mol. The number of nitrogens with zero attached hydrogens (tertiary/aromatic N) is 4. The van der Waals surface area contributed by atoms with Crippen LogP contribution in [0.15, 0.2) is 65.8 Å². The van der Waals surface area contributed by atoms with Crippen molar-refractivity contribution in [2.24, 2.45) is 0 Å². The van der Waals surface area contributed by atoms with Crippen LogP contribution >= 0.6 is 0 Å². The van der Waals surface area contributed by atoms with Gasteiger partial charge in [0.1, 0.15) is 0 Å². The lowest BCUT2D eigenvalue weighted by Gasteiger charge is -2.22. The van der Waals surface area contributed by atoms with Crippen molar-refractivity contribution in [2.75, 3.05) is 37.4 Å². The fourth-order valence-corrected chi connectivity index (χ4v) is 4.92. The Balaban J connectivity index is 1.82. The van der Waals surface area contributed by atoms with Crippen LogP contribution in [-0.4, -0.2) is 55.6 Å². The average Bonchev–Trinajstić information content (AvgIpc) is 3.23. The average molecular weight is 456 g/mol. The van der Waals surface area contributed by atoms with Gasteiger partial charge in [-0.25, -0.2) is 13.1 Å². The summed E-state index contributed by atoms with van der Waals surface area (Å²) in [5, 5.41) is 7.20. The second kappa shape index (κ2) is 9.97. The number of benzene rings is 2. The summed E-state index contributed by atoms with van der Waals surface area (Å²) in [7, 11) is 0.0435. The van der Waals surface area contributed by atoms with Crippen molar-refractivity contribution in [1.29, 1.82) is 0 Å². The largest absolute Gasteiger partial charge is 0.376 e. The fourth-order valence-electron chi connectivity index (χ4n) is 3.43. The number of carbonyl (C=O) groups excluding carboxylic acids is 1. The molecule has 0 unspecified atom stereocenters. The van der Waals surface area contributed by atoms with Gasteiger partial charge in [-0.3, -0.25) is 4.79 Å². The van der Waals surface area contributed by atoms with E-state index in [4.69, 9.17) is 0 Å². The van der Waals surface area contributed by atoms with Gasteiger partial charge < -0.3 is 10.2 Å². The Hall–Kier alpha value is -3.17. The molecule has 2 aromatic carbocycles. The Labute approximate surface area is 189 Å². The molecule has 9 heteroatoms. The highest BCUT2D eigenvalue weighted by atomic mass is 32.2. The number of rotatable bonds is 9. The van der Waals surface area contributed by atoms with E-state index in [1.54, 1.807) is 36.9 Å². The zero-order valence-corrected chi connectivity index (χ0v) is 19.6. The molecule has 170 valence electrons. The van der Waals surface area contributed by atoms with Crippen molar-refractivity contribution in [3.63, 3.8) is 0 Å². The van der Waals surface area contributed by atoms with Crippen LogP contribution in [0, 0.1) is 0 Å². The van der Waals surface area contributed by atoms with Crippen molar-refractivity contribution in [2.45, 2.75) is 25.2 Å². The number of nitrogens with one attached hydrogen (secondary N) is 1. The number of carbonyl (C=O) groups is 1. The smallest absolute Gasteiger partial charge is 0.243 e. The summed E-state index contributed by atoms with van der Waals surface area (Å²) in [5.74, 6) is -0.252. The molecule has 0 aliphatic rings. The zero-order chi connectivity index (χ0) is 23.3. The van der Waals surface area contributed by atoms with E-state index in [9.17, 15) is 13.2 Å². The summed E-state index contributed by atoms with van der Waals surface area (Å²) in [6, 6.07) is 14.4. The van der Waals surface area contributed by atoms with Crippen LogP contribution in [0.2, 0.25) is 0 Å². The maximum atomic E-state index is 12.9. The second-order valence-electron chi connectivity index (χ2n) is 7.52. The quantitative estimate of drug-likeness (QED) is 0.536. The van der Waals surface area contributed by atoms with Gasteiger partial charge in [0.25, 0.3) is 0 Å². The Kier molecular flexibility index (Phi) is 7.32. The highest BCUT2D eigenvalue weighted by Gasteiger charge is 2.23. The van der Waals surface area contributed by atoms with Crippen molar-refractivity contribution in [3.8, 4) is 5.69 Å². The lowest BCUT2D eigenvalue weighted by atomic mass is 10.2. The van der Waals surface area contributed by atoms with Gasteiger partial charge in [0.05, 0.1) is 34.6 Å². The summed E-state index contributed by atoms with van der Waals surface area (Å²) in [6.45, 7) is 4.35. The minimum Gasteiger partial charge on any atom is -0.376 e. The molecule has 3 aromatic rings. The number of hydrogen-bond acceptors (Lipinski definition) is 5. The molecule has 0 fully saturated rings. The van der Waals surface area contributed by atoms with E-state index in [-0.39, 0.29) is 17.2 Å². The summed E-state index contributed by atoms with van der Waals surface area (Å²) in [6.07, 6.45) is 3.58. The third-order valence-corrected chi connectivity index (χ3v) is 7.13. The van der Waals surface area contributed by atoms with Crippen LogP contribution in [0.3, 0.4) is 0 Å². The normalized spacial score (nSPS) is 11.5. The standard InChI is InChI=1S/C23H29N5O3S/c1-5-27(6-2)32(30,31)20-12-13-22(26(3)4)21(15-20)25-23(29)14-18-16-24-28(17-18)19-10-8-7-9-11-19/h7-13,15-17H,5-6,14H2,1-4H3,(H,25,29). The van der Waals surface area contributed by atoms with E-state index in [0.717, 1.165) is 16.9 Å². The molecule has 1 aromatic heterocycles. The SMILES string of the molecule is CCN(CC)S(=O)(=O)c1ccc(N(C)C)c(NC(=O)Cc2cnn(-c3ccccc3)c2)c1. The van der Waals surface area contributed by atoms with Gasteiger partial charge >= 0.3 is 0 Å². The maximum absolute atomic E-state index is 12.9. The molecule has 1 heterocycles. The van der Waals surface area contributed by atoms with Crippen LogP contribution in [0.25, 0.3) is 5.69 Å². The number of aromatic nitrogens is 2. The number of amides is 1. The Bertz CT molecular complexity index is 1170. The summed E-state index contributed by atoms with van der Waals surface area (Å²) < 4.78 is 29.0. The third-order valence-electron chi connectivity index (χ3n) is 5.09. The van der Waals surface area contributed by atoms with Gasteiger partial charge in [0.2, 0.25) is 15.9 Å². The molecule has 0 aliphatic carbocycles. The summed E-state index contributed by atoms with van der Waals surface area (Å²) in [5.41, 5.74) is 2.83. The first-order chi connectivity index (χ1) is 15.3. The van der Waals surface area contributed by atoms with Crippen LogP contribution in [0.5, 0.6) is 0 Å². The molecule has 8 nitrogen and oxygen atoms in total. The first kappa shape index (κ1) is 23.5. The van der Waals surface area contributed by atoms with E-state index >= 15 is 0 Å². The van der Waals surface area contributed by atoms with Gasteiger partial charge in [0.15, 0.2) is 0 Å². The fraction of sp³-hybridized carbons (Fsp3) is 0.304. The first-order valence-electron chi connectivity index (χ1n) is 10.5. The lowest BCUT2D eigenvalue weighted by molar-refractivity contribution is -0.115. The van der Waals surface area contributed by atoms with Crippen molar-refractivity contribution >= 4 is 27.3 Å². The first-order valence-corrected chi connectivity index (χ1v) is 11.9. The molecule has 0 atom stereocenters. The van der Waals surface area contributed by atoms with E-state index < -0.39 is 10.0 Å². The minimum atomic E-state index is -3.64. The molecule has 1 N–H and O–H groups in total. The van der Waals surface area contributed by atoms with E-state index in [2.05, 4.69) is 10.4 Å². The molecule has 0 saturated heterocycles. The van der Waals surface area contributed by atoms with E-state index in [1.807, 2.05) is 55.5 Å². The predicted octanol–water partition coefficient (Wildman–Crippen LogP) is 3.15. The summed E-state index contributed by atoms with van der Waals surface area (Å²) >= 11 is 0. The Morgan fingerprint density at radius 2 is 1.75 bits per heavy atom. The number of anilines is 2. The molecule has 0 bridgehead atoms. The molecular weight excluding hydrogens is 426 g/mol. The van der Waals surface area contributed by atoms with Gasteiger partial charge in [0, 0.05) is 33.4 Å². The zero-order valence-electron chi connectivity index (χ0n) is 18.8. The number of para-hydroxylation sites is 1. The molecule has 0 saturated carbocycles. The van der Waals surface area contributed by atoms with Gasteiger partial charge in [-0.1, -0.05) is 32.0 Å². The van der Waals surface area contributed by atoms with Gasteiger partial charge in [-0.05, 0) is 35.9 Å². The van der Waals surface area contributed by atoms with Crippen LogP contribution in [-0.2, 0) is 21.2 Å². The Morgan fingerprint density at radius 1 is 1.06 bits per heavy atom. The summed E-state index contributed by atoms with van der Waals surface area (Å²) in [4.78, 5) is 14.8. The van der Waals surface area contributed by atoms with Crippen LogP contribution in [0.1, 0.15) is 19.4 Å². The minimum absolute atomic E-state index is 0.118. The highest BCUT2D eigenvalue weighted by Crippen LogP contribution is 2.29. The van der Waals surface area contributed by atoms with Crippen LogP contribution < -0.4 is 10.2 Å². The highest BCUT2D eigenvalue weighted by molar-refractivity contribution is 7.89. The van der Waals surface area contributed by atoms with Crippen molar-refractivity contribution in [1.82, 2.24) is 14.1 Å². The molecule has 0 aliphatic heterocycles. The molecule has 1 amide bonds. The molecule has 0 radical (unpaired) electrons. The second-order valence-corrected chi connectivity index (χ2v) is 9.45. The molecular formula is C23H29N5O3S. The molecule has 0 spiro atoms. The van der Waals surface area contributed by atoms with Gasteiger partial charge in [-0.15, -0.1) is 0 Å². The van der Waals surface area contributed by atoms with Crippen molar-refractivity contribution in [3.05, 3.63) is 66.5 Å². The molecule has 3 rings (SSSR count). The molecule has 32 heavy (non-hydrogen) atoms.